The highest BCUT2D eigenvalue weighted by Gasteiger charge is 2.18. The Labute approximate surface area is 163 Å². The number of aromatic nitrogens is 1. The van der Waals surface area contributed by atoms with Gasteiger partial charge in [-0.15, -0.1) is 0 Å². The van der Waals surface area contributed by atoms with Gasteiger partial charge in [-0.1, -0.05) is 63.5 Å². The van der Waals surface area contributed by atoms with Gasteiger partial charge in [0.1, 0.15) is 0 Å². The molecule has 0 atom stereocenters. The summed E-state index contributed by atoms with van der Waals surface area (Å²) < 4.78 is 0. The Morgan fingerprint density at radius 2 is 1.69 bits per heavy atom. The van der Waals surface area contributed by atoms with E-state index in [-0.39, 0.29) is 0 Å². The predicted octanol–water partition coefficient (Wildman–Crippen LogP) is 7.32. The maximum atomic E-state index is 6.20. The van der Waals surface area contributed by atoms with Gasteiger partial charge in [0.15, 0.2) is 0 Å². The molecule has 0 unspecified atom stereocenters. The van der Waals surface area contributed by atoms with Crippen LogP contribution < -0.4 is 5.32 Å². The Bertz CT molecular complexity index is 711. The standard InChI is InChI=1S/C23H33ClN2/c1-2-3-4-5-6-7-8-11-16-25-23-19-12-9-10-13-21(19)26-22-17-18(24)14-15-20(22)23/h14-15,17H,2-13,16H2,1H3,(H,25,26). The molecule has 1 aromatic carbocycles. The van der Waals surface area contributed by atoms with Crippen LogP contribution >= 0.6 is 11.6 Å². The molecule has 1 aliphatic carbocycles. The number of fused-ring (bicyclic) bond motifs is 2. The van der Waals surface area contributed by atoms with Crippen molar-refractivity contribution in [3.63, 3.8) is 0 Å². The van der Waals surface area contributed by atoms with Crippen LogP contribution in [0, 0.1) is 0 Å². The molecule has 1 heterocycles. The van der Waals surface area contributed by atoms with Crippen LogP contribution in [-0.4, -0.2) is 11.5 Å². The topological polar surface area (TPSA) is 24.9 Å². The Morgan fingerprint density at radius 3 is 2.50 bits per heavy atom. The molecule has 0 amide bonds. The summed E-state index contributed by atoms with van der Waals surface area (Å²) in [5.41, 5.74) is 5.09. The van der Waals surface area contributed by atoms with Gasteiger partial charge in [0.2, 0.25) is 0 Å². The van der Waals surface area contributed by atoms with E-state index in [2.05, 4.69) is 18.3 Å². The van der Waals surface area contributed by atoms with Crippen LogP contribution in [0.1, 0.15) is 82.4 Å². The van der Waals surface area contributed by atoms with Gasteiger partial charge in [0, 0.05) is 28.3 Å². The van der Waals surface area contributed by atoms with Crippen LogP contribution in [0.15, 0.2) is 18.2 Å². The van der Waals surface area contributed by atoms with E-state index in [4.69, 9.17) is 16.6 Å². The first-order valence-corrected chi connectivity index (χ1v) is 11.0. The molecule has 0 saturated carbocycles. The van der Waals surface area contributed by atoms with Gasteiger partial charge in [-0.25, -0.2) is 0 Å². The fourth-order valence-electron chi connectivity index (χ4n) is 4.07. The van der Waals surface area contributed by atoms with Gasteiger partial charge in [0.05, 0.1) is 5.52 Å². The van der Waals surface area contributed by atoms with Crippen molar-refractivity contribution in [3.8, 4) is 0 Å². The molecule has 0 spiro atoms. The Kier molecular flexibility index (Phi) is 7.61. The van der Waals surface area contributed by atoms with Crippen molar-refractivity contribution in [1.29, 1.82) is 0 Å². The van der Waals surface area contributed by atoms with E-state index < -0.39 is 0 Å². The third kappa shape index (κ3) is 5.13. The molecule has 0 bridgehead atoms. The quantitative estimate of drug-likeness (QED) is 0.442. The molecular formula is C23H33ClN2. The molecule has 3 rings (SSSR count). The monoisotopic (exact) mass is 372 g/mol. The van der Waals surface area contributed by atoms with E-state index in [0.717, 1.165) is 29.9 Å². The van der Waals surface area contributed by atoms with Crippen molar-refractivity contribution in [3.05, 3.63) is 34.5 Å². The van der Waals surface area contributed by atoms with Crippen LogP contribution in [0.2, 0.25) is 5.02 Å². The summed E-state index contributed by atoms with van der Waals surface area (Å²) in [4.78, 5) is 4.91. The van der Waals surface area contributed by atoms with Crippen molar-refractivity contribution < 1.29 is 0 Å². The summed E-state index contributed by atoms with van der Waals surface area (Å²) in [5.74, 6) is 0. The first-order chi connectivity index (χ1) is 12.8. The molecule has 0 aliphatic heterocycles. The van der Waals surface area contributed by atoms with Crippen LogP contribution in [-0.2, 0) is 12.8 Å². The first kappa shape index (κ1) is 19.5. The highest BCUT2D eigenvalue weighted by atomic mass is 35.5. The number of anilines is 1. The van der Waals surface area contributed by atoms with Crippen molar-refractivity contribution in [2.24, 2.45) is 0 Å². The van der Waals surface area contributed by atoms with E-state index in [9.17, 15) is 0 Å². The van der Waals surface area contributed by atoms with E-state index in [1.807, 2.05) is 12.1 Å². The fourth-order valence-corrected chi connectivity index (χ4v) is 4.24. The smallest absolute Gasteiger partial charge is 0.0741 e. The van der Waals surface area contributed by atoms with E-state index in [1.54, 1.807) is 0 Å². The van der Waals surface area contributed by atoms with Crippen molar-refractivity contribution in [1.82, 2.24) is 4.98 Å². The van der Waals surface area contributed by atoms with Crippen LogP contribution in [0.5, 0.6) is 0 Å². The summed E-state index contributed by atoms with van der Waals surface area (Å²) >= 11 is 6.20. The molecule has 2 aromatic rings. The molecule has 0 fully saturated rings. The number of unbranched alkanes of at least 4 members (excludes halogenated alkanes) is 7. The highest BCUT2D eigenvalue weighted by Crippen LogP contribution is 2.34. The number of hydrogen-bond donors (Lipinski definition) is 1. The second kappa shape index (κ2) is 10.2. The zero-order chi connectivity index (χ0) is 18.2. The molecule has 1 aliphatic rings. The van der Waals surface area contributed by atoms with Gasteiger partial charge in [-0.05, 0) is 55.9 Å². The Morgan fingerprint density at radius 1 is 0.962 bits per heavy atom. The Balaban J connectivity index is 1.58. The normalized spacial score (nSPS) is 13.8. The molecule has 142 valence electrons. The number of benzene rings is 1. The number of pyridine rings is 1. The number of aryl methyl sites for hydroxylation is 1. The minimum Gasteiger partial charge on any atom is -0.384 e. The number of halogens is 1. The van der Waals surface area contributed by atoms with Gasteiger partial charge in [-0.2, -0.15) is 0 Å². The molecule has 0 saturated heterocycles. The van der Waals surface area contributed by atoms with Crippen LogP contribution in [0.3, 0.4) is 0 Å². The zero-order valence-electron chi connectivity index (χ0n) is 16.2. The average Bonchev–Trinajstić information content (AvgIpc) is 2.65. The summed E-state index contributed by atoms with van der Waals surface area (Å²) in [5, 5.41) is 5.77. The van der Waals surface area contributed by atoms with Crippen molar-refractivity contribution in [2.45, 2.75) is 84.0 Å². The molecular weight excluding hydrogens is 340 g/mol. The van der Waals surface area contributed by atoms with Gasteiger partial charge >= 0.3 is 0 Å². The molecule has 26 heavy (non-hydrogen) atoms. The van der Waals surface area contributed by atoms with Gasteiger partial charge in [-0.3, -0.25) is 4.98 Å². The number of nitrogens with one attached hydrogen (secondary N) is 1. The van der Waals surface area contributed by atoms with Crippen LogP contribution in [0.25, 0.3) is 10.9 Å². The lowest BCUT2D eigenvalue weighted by molar-refractivity contribution is 0.581. The largest absolute Gasteiger partial charge is 0.384 e. The summed E-state index contributed by atoms with van der Waals surface area (Å²) in [6.07, 6.45) is 15.7. The predicted molar refractivity (Wildman–Crippen MR) is 114 cm³/mol. The SMILES string of the molecule is CCCCCCCCCCNc1c2c(nc3cc(Cl)ccc13)CCCC2. The van der Waals surface area contributed by atoms with Crippen molar-refractivity contribution >= 4 is 28.2 Å². The highest BCUT2D eigenvalue weighted by molar-refractivity contribution is 6.31. The second-order valence-electron chi connectivity index (χ2n) is 7.68. The van der Waals surface area contributed by atoms with Gasteiger partial charge < -0.3 is 5.32 Å². The second-order valence-corrected chi connectivity index (χ2v) is 8.12. The van der Waals surface area contributed by atoms with E-state index >= 15 is 0 Å². The molecule has 1 aromatic heterocycles. The maximum Gasteiger partial charge on any atom is 0.0741 e. The van der Waals surface area contributed by atoms with Gasteiger partial charge in [0.25, 0.3) is 0 Å². The molecule has 0 radical (unpaired) electrons. The molecule has 3 heteroatoms. The minimum absolute atomic E-state index is 0.773. The molecule has 1 N–H and O–H groups in total. The lowest BCUT2D eigenvalue weighted by Gasteiger charge is -2.22. The lowest BCUT2D eigenvalue weighted by atomic mass is 9.92. The summed E-state index contributed by atoms with van der Waals surface area (Å²) in [6, 6.07) is 6.13. The Hall–Kier alpha value is -1.28. The van der Waals surface area contributed by atoms with E-state index in [1.165, 1.54) is 86.5 Å². The first-order valence-electron chi connectivity index (χ1n) is 10.6. The van der Waals surface area contributed by atoms with Crippen molar-refractivity contribution in [2.75, 3.05) is 11.9 Å². The number of nitrogens with zero attached hydrogens (tertiary/aromatic N) is 1. The third-order valence-corrected chi connectivity index (χ3v) is 5.79. The fraction of sp³-hybridized carbons (Fsp3) is 0.609. The van der Waals surface area contributed by atoms with Crippen LogP contribution in [0.4, 0.5) is 5.69 Å². The summed E-state index contributed by atoms with van der Waals surface area (Å²) in [6.45, 7) is 3.34. The number of rotatable bonds is 10. The lowest BCUT2D eigenvalue weighted by Crippen LogP contribution is -2.12. The maximum absolute atomic E-state index is 6.20. The molecule has 2 nitrogen and oxygen atoms in total. The average molecular weight is 373 g/mol. The zero-order valence-corrected chi connectivity index (χ0v) is 17.0. The number of hydrogen-bond acceptors (Lipinski definition) is 2. The third-order valence-electron chi connectivity index (χ3n) is 5.56. The summed E-state index contributed by atoms with van der Waals surface area (Å²) in [7, 11) is 0. The minimum atomic E-state index is 0.773. The van der Waals surface area contributed by atoms with E-state index in [0.29, 0.717) is 0 Å².